The van der Waals surface area contributed by atoms with Gasteiger partial charge in [-0.3, -0.25) is 0 Å². The van der Waals surface area contributed by atoms with E-state index >= 15 is 0 Å². The van der Waals surface area contributed by atoms with E-state index in [0.29, 0.717) is 23.1 Å². The zero-order chi connectivity index (χ0) is 16.4. The first kappa shape index (κ1) is 15.1. The Balaban J connectivity index is 1.91. The fraction of sp³-hybridized carbons (Fsp3) is 0.222. The molecule has 0 bridgehead atoms. The number of nitrogen functional groups attached to an aromatic ring is 1. The molecule has 0 fully saturated rings. The van der Waals surface area contributed by atoms with Crippen molar-refractivity contribution in [2.24, 2.45) is 0 Å². The lowest BCUT2D eigenvalue weighted by Crippen LogP contribution is -2.27. The van der Waals surface area contributed by atoms with Gasteiger partial charge in [-0.2, -0.15) is 4.98 Å². The van der Waals surface area contributed by atoms with Crippen LogP contribution in [0.3, 0.4) is 0 Å². The molecule has 0 aliphatic heterocycles. The van der Waals surface area contributed by atoms with E-state index in [1.807, 2.05) is 57.2 Å². The first-order valence-electron chi connectivity index (χ1n) is 7.48. The van der Waals surface area contributed by atoms with Gasteiger partial charge >= 0.3 is 0 Å². The van der Waals surface area contributed by atoms with Crippen LogP contribution in [0.5, 0.6) is 11.6 Å². The molecule has 0 aliphatic rings. The highest BCUT2D eigenvalue weighted by molar-refractivity contribution is 5.83. The van der Waals surface area contributed by atoms with Crippen LogP contribution in [0.25, 0.3) is 10.8 Å². The van der Waals surface area contributed by atoms with Crippen LogP contribution in [-0.4, -0.2) is 15.5 Å². The van der Waals surface area contributed by atoms with Crippen molar-refractivity contribution in [2.45, 2.75) is 26.3 Å². The predicted molar refractivity (Wildman–Crippen MR) is 93.8 cm³/mol. The van der Waals surface area contributed by atoms with E-state index < -0.39 is 0 Å². The average molecular weight is 308 g/mol. The van der Waals surface area contributed by atoms with Crippen molar-refractivity contribution < 1.29 is 4.74 Å². The van der Waals surface area contributed by atoms with Gasteiger partial charge in [-0.1, -0.05) is 30.3 Å². The van der Waals surface area contributed by atoms with Gasteiger partial charge < -0.3 is 15.8 Å². The molecule has 3 N–H and O–H groups in total. The van der Waals surface area contributed by atoms with E-state index in [-0.39, 0.29) is 5.54 Å². The summed E-state index contributed by atoms with van der Waals surface area (Å²) in [4.78, 5) is 8.33. The Kier molecular flexibility index (Phi) is 3.78. The minimum Gasteiger partial charge on any atom is -0.437 e. The Morgan fingerprint density at radius 1 is 1.00 bits per heavy atom. The van der Waals surface area contributed by atoms with Crippen LogP contribution < -0.4 is 15.8 Å². The Labute approximate surface area is 135 Å². The van der Waals surface area contributed by atoms with Gasteiger partial charge in [-0.15, -0.1) is 0 Å². The third kappa shape index (κ3) is 3.51. The van der Waals surface area contributed by atoms with Gasteiger partial charge in [0.25, 0.3) is 0 Å². The zero-order valence-corrected chi connectivity index (χ0v) is 13.5. The molecule has 1 aromatic heterocycles. The van der Waals surface area contributed by atoms with Gasteiger partial charge in [0.2, 0.25) is 5.88 Å². The van der Waals surface area contributed by atoms with Crippen LogP contribution in [0.1, 0.15) is 20.8 Å². The molecule has 3 aromatic rings. The first-order valence-corrected chi connectivity index (χ1v) is 7.48. The third-order valence-electron chi connectivity index (χ3n) is 3.28. The molecule has 2 aromatic carbocycles. The molecule has 1 heterocycles. The number of nitrogens with zero attached hydrogens (tertiary/aromatic N) is 2. The predicted octanol–water partition coefficient (Wildman–Crippen LogP) is 4.21. The van der Waals surface area contributed by atoms with Crippen molar-refractivity contribution in [1.82, 2.24) is 9.97 Å². The van der Waals surface area contributed by atoms with Crippen LogP contribution in [0.2, 0.25) is 0 Å². The van der Waals surface area contributed by atoms with Crippen molar-refractivity contribution in [3.63, 3.8) is 0 Å². The summed E-state index contributed by atoms with van der Waals surface area (Å²) >= 11 is 0. The Morgan fingerprint density at radius 3 is 2.48 bits per heavy atom. The lowest BCUT2D eigenvalue weighted by Gasteiger charge is -2.22. The quantitative estimate of drug-likeness (QED) is 0.758. The van der Waals surface area contributed by atoms with Crippen LogP contribution >= 0.6 is 0 Å². The second-order valence-corrected chi connectivity index (χ2v) is 6.43. The van der Waals surface area contributed by atoms with Gasteiger partial charge in [0.05, 0.1) is 0 Å². The number of benzene rings is 2. The maximum absolute atomic E-state index is 6.14. The highest BCUT2D eigenvalue weighted by Gasteiger charge is 2.16. The lowest BCUT2D eigenvalue weighted by molar-refractivity contribution is 0.465. The summed E-state index contributed by atoms with van der Waals surface area (Å²) in [7, 11) is 0. The standard InChI is InChI=1S/C18H20N4O/c1-18(2,3)22-16-15(19)17(21-11-20-16)23-14-9-8-12-6-4-5-7-13(12)10-14/h4-11H,19H2,1-3H3,(H,20,21,22). The maximum atomic E-state index is 6.14. The summed E-state index contributed by atoms with van der Waals surface area (Å²) in [5.74, 6) is 1.61. The molecule has 3 rings (SSSR count). The highest BCUT2D eigenvalue weighted by Crippen LogP contribution is 2.31. The van der Waals surface area contributed by atoms with Crippen molar-refractivity contribution >= 4 is 22.3 Å². The molecule has 0 atom stereocenters. The number of hydrogen-bond acceptors (Lipinski definition) is 5. The molecule has 0 amide bonds. The van der Waals surface area contributed by atoms with Crippen LogP contribution in [0.15, 0.2) is 48.8 Å². The van der Waals surface area contributed by atoms with E-state index in [2.05, 4.69) is 21.4 Å². The second kappa shape index (κ2) is 5.76. The highest BCUT2D eigenvalue weighted by atomic mass is 16.5. The molecule has 0 spiro atoms. The van der Waals surface area contributed by atoms with E-state index in [9.17, 15) is 0 Å². The molecule has 23 heavy (non-hydrogen) atoms. The smallest absolute Gasteiger partial charge is 0.248 e. The minimum atomic E-state index is -0.150. The number of nitrogens with one attached hydrogen (secondary N) is 1. The molecule has 0 saturated heterocycles. The molecule has 0 unspecified atom stereocenters. The van der Waals surface area contributed by atoms with Crippen molar-refractivity contribution in [1.29, 1.82) is 0 Å². The summed E-state index contributed by atoms with van der Waals surface area (Å²) in [6.07, 6.45) is 1.45. The number of aromatic nitrogens is 2. The minimum absolute atomic E-state index is 0.150. The van der Waals surface area contributed by atoms with Crippen LogP contribution in [0.4, 0.5) is 11.5 Å². The maximum Gasteiger partial charge on any atom is 0.248 e. The molecular formula is C18H20N4O. The fourth-order valence-electron chi connectivity index (χ4n) is 2.26. The van der Waals surface area contributed by atoms with E-state index in [4.69, 9.17) is 10.5 Å². The second-order valence-electron chi connectivity index (χ2n) is 6.43. The topological polar surface area (TPSA) is 73.1 Å². The third-order valence-corrected chi connectivity index (χ3v) is 3.28. The van der Waals surface area contributed by atoms with Gasteiger partial charge in [0, 0.05) is 5.54 Å². The normalized spacial score (nSPS) is 11.4. The number of fused-ring (bicyclic) bond motifs is 1. The fourth-order valence-corrected chi connectivity index (χ4v) is 2.26. The zero-order valence-electron chi connectivity index (χ0n) is 13.5. The Morgan fingerprint density at radius 2 is 1.74 bits per heavy atom. The molecule has 5 nitrogen and oxygen atoms in total. The summed E-state index contributed by atoms with van der Waals surface area (Å²) in [6.45, 7) is 6.12. The number of ether oxygens (including phenoxy) is 1. The van der Waals surface area contributed by atoms with Gasteiger partial charge in [0.15, 0.2) is 5.82 Å². The first-order chi connectivity index (χ1) is 10.9. The van der Waals surface area contributed by atoms with E-state index in [1.165, 1.54) is 6.33 Å². The van der Waals surface area contributed by atoms with Gasteiger partial charge in [0.1, 0.15) is 17.8 Å². The van der Waals surface area contributed by atoms with Crippen LogP contribution in [0, 0.1) is 0 Å². The van der Waals surface area contributed by atoms with Gasteiger partial charge in [-0.05, 0) is 43.7 Å². The molecule has 118 valence electrons. The molecule has 0 radical (unpaired) electrons. The van der Waals surface area contributed by atoms with Crippen molar-refractivity contribution in [2.75, 3.05) is 11.1 Å². The SMILES string of the molecule is CC(C)(C)Nc1ncnc(Oc2ccc3ccccc3c2)c1N. The summed E-state index contributed by atoms with van der Waals surface area (Å²) < 4.78 is 5.86. The largest absolute Gasteiger partial charge is 0.437 e. The number of hydrogen-bond donors (Lipinski definition) is 2. The van der Waals surface area contributed by atoms with Crippen molar-refractivity contribution in [3.05, 3.63) is 48.8 Å². The number of anilines is 2. The molecule has 0 aliphatic carbocycles. The van der Waals surface area contributed by atoms with Crippen molar-refractivity contribution in [3.8, 4) is 11.6 Å². The molecular weight excluding hydrogens is 288 g/mol. The summed E-state index contributed by atoms with van der Waals surface area (Å²) in [5, 5.41) is 5.51. The monoisotopic (exact) mass is 308 g/mol. The molecule has 0 saturated carbocycles. The van der Waals surface area contributed by atoms with Gasteiger partial charge in [-0.25, -0.2) is 4.98 Å². The summed E-state index contributed by atoms with van der Waals surface area (Å²) in [6, 6.07) is 14.0. The van der Waals surface area contributed by atoms with E-state index in [0.717, 1.165) is 10.8 Å². The number of nitrogens with two attached hydrogens (primary N) is 1. The molecule has 5 heteroatoms. The lowest BCUT2D eigenvalue weighted by atomic mass is 10.1. The van der Waals surface area contributed by atoms with Crippen LogP contribution in [-0.2, 0) is 0 Å². The number of rotatable bonds is 3. The summed E-state index contributed by atoms with van der Waals surface area (Å²) in [5.41, 5.74) is 6.39. The van der Waals surface area contributed by atoms with E-state index in [1.54, 1.807) is 0 Å². The Hall–Kier alpha value is -2.82. The average Bonchev–Trinajstić information content (AvgIpc) is 2.50. The Bertz CT molecular complexity index is 840.